The Hall–Kier alpha value is -1.62. The van der Waals surface area contributed by atoms with E-state index < -0.39 is 11.4 Å². The topological polar surface area (TPSA) is 55.1 Å². The molecular formula is C14H13BrN2O2. The molecule has 3 rings (SSSR count). The Labute approximate surface area is 119 Å². The van der Waals surface area contributed by atoms with Crippen LogP contribution in [0.2, 0.25) is 0 Å². The largest absolute Gasteiger partial charge is 0.481 e. The van der Waals surface area contributed by atoms with Gasteiger partial charge in [0.05, 0.1) is 11.4 Å². The van der Waals surface area contributed by atoms with E-state index in [0.29, 0.717) is 18.5 Å². The van der Waals surface area contributed by atoms with Gasteiger partial charge in [0.1, 0.15) is 5.41 Å². The minimum absolute atomic E-state index is 0.664. The lowest BCUT2D eigenvalue weighted by molar-refractivity contribution is -0.140. The molecule has 0 saturated heterocycles. The van der Waals surface area contributed by atoms with Gasteiger partial charge in [-0.2, -0.15) is 5.10 Å². The number of aliphatic carboxylic acids is 1. The van der Waals surface area contributed by atoms with Gasteiger partial charge in [-0.05, 0) is 44.0 Å². The summed E-state index contributed by atoms with van der Waals surface area (Å²) in [4.78, 5) is 11.3. The summed E-state index contributed by atoms with van der Waals surface area (Å²) in [7, 11) is 0. The van der Waals surface area contributed by atoms with Crippen LogP contribution < -0.4 is 0 Å². The number of hydrogen-bond donors (Lipinski definition) is 1. The quantitative estimate of drug-likeness (QED) is 0.945. The molecule has 19 heavy (non-hydrogen) atoms. The first-order valence-corrected chi connectivity index (χ1v) is 6.89. The Morgan fingerprint density at radius 3 is 2.74 bits per heavy atom. The highest BCUT2D eigenvalue weighted by molar-refractivity contribution is 9.10. The van der Waals surface area contributed by atoms with E-state index in [0.717, 1.165) is 15.9 Å². The summed E-state index contributed by atoms with van der Waals surface area (Å²) >= 11 is 3.43. The third-order valence-corrected chi connectivity index (χ3v) is 4.08. The summed E-state index contributed by atoms with van der Waals surface area (Å²) < 4.78 is 2.77. The van der Waals surface area contributed by atoms with Crippen molar-refractivity contribution >= 4 is 21.9 Å². The van der Waals surface area contributed by atoms with Crippen LogP contribution >= 0.6 is 15.9 Å². The van der Waals surface area contributed by atoms with E-state index >= 15 is 0 Å². The van der Waals surface area contributed by atoms with E-state index in [-0.39, 0.29) is 0 Å². The van der Waals surface area contributed by atoms with Crippen LogP contribution in [0.5, 0.6) is 0 Å². The molecule has 1 N–H and O–H groups in total. The molecule has 5 heteroatoms. The Balaban J connectivity index is 2.06. The summed E-state index contributed by atoms with van der Waals surface area (Å²) in [5.74, 6) is -0.772. The summed E-state index contributed by atoms with van der Waals surface area (Å²) in [6.45, 7) is 1.94. The number of benzene rings is 1. The fourth-order valence-corrected chi connectivity index (χ4v) is 2.67. The average molecular weight is 321 g/mol. The van der Waals surface area contributed by atoms with Crippen molar-refractivity contribution in [2.75, 3.05) is 0 Å². The monoisotopic (exact) mass is 320 g/mol. The van der Waals surface area contributed by atoms with Crippen LogP contribution in [0.1, 0.15) is 24.2 Å². The molecule has 1 aromatic carbocycles. The van der Waals surface area contributed by atoms with Crippen LogP contribution in [0.15, 0.2) is 34.8 Å². The van der Waals surface area contributed by atoms with Crippen molar-refractivity contribution in [3.05, 3.63) is 46.2 Å². The highest BCUT2D eigenvalue weighted by atomic mass is 79.9. The maximum atomic E-state index is 11.3. The van der Waals surface area contributed by atoms with Gasteiger partial charge in [0, 0.05) is 10.2 Å². The van der Waals surface area contributed by atoms with E-state index in [1.54, 1.807) is 4.68 Å². The van der Waals surface area contributed by atoms with E-state index in [4.69, 9.17) is 0 Å². The fraction of sp³-hybridized carbons (Fsp3) is 0.286. The van der Waals surface area contributed by atoms with E-state index in [1.807, 2.05) is 37.3 Å². The smallest absolute Gasteiger partial charge is 0.315 e. The van der Waals surface area contributed by atoms with Gasteiger partial charge in [0.25, 0.3) is 0 Å². The molecule has 1 fully saturated rings. The van der Waals surface area contributed by atoms with Gasteiger partial charge in [-0.25, -0.2) is 4.68 Å². The van der Waals surface area contributed by atoms with Gasteiger partial charge in [-0.1, -0.05) is 22.0 Å². The number of hydrogen-bond acceptors (Lipinski definition) is 2. The molecule has 1 aliphatic carbocycles. The first-order chi connectivity index (χ1) is 9.03. The zero-order valence-corrected chi connectivity index (χ0v) is 12.0. The van der Waals surface area contributed by atoms with Crippen molar-refractivity contribution in [1.82, 2.24) is 9.78 Å². The van der Waals surface area contributed by atoms with Crippen LogP contribution in [0, 0.1) is 6.92 Å². The molecular weight excluding hydrogens is 308 g/mol. The molecule has 1 aliphatic rings. The van der Waals surface area contributed by atoms with Crippen molar-refractivity contribution < 1.29 is 9.90 Å². The van der Waals surface area contributed by atoms with Crippen molar-refractivity contribution in [3.63, 3.8) is 0 Å². The molecule has 4 nitrogen and oxygen atoms in total. The van der Waals surface area contributed by atoms with Crippen LogP contribution in [0.3, 0.4) is 0 Å². The normalized spacial score (nSPS) is 16.3. The van der Waals surface area contributed by atoms with Crippen LogP contribution in [-0.2, 0) is 10.2 Å². The fourth-order valence-electron chi connectivity index (χ4n) is 2.28. The lowest BCUT2D eigenvalue weighted by Gasteiger charge is -2.06. The van der Waals surface area contributed by atoms with Gasteiger partial charge < -0.3 is 5.11 Å². The second kappa shape index (κ2) is 4.20. The molecule has 0 atom stereocenters. The van der Waals surface area contributed by atoms with Gasteiger partial charge in [0.15, 0.2) is 0 Å². The second-order valence-corrected chi connectivity index (χ2v) is 5.87. The molecule has 0 aliphatic heterocycles. The van der Waals surface area contributed by atoms with Crippen LogP contribution in [-0.4, -0.2) is 20.9 Å². The molecule has 2 aromatic rings. The molecule has 1 saturated carbocycles. The number of halogens is 1. The zero-order chi connectivity index (χ0) is 13.6. The SMILES string of the molecule is Cc1cc(C2(C(=O)O)CC2)nn1-c1cccc(Br)c1. The van der Waals surface area contributed by atoms with Crippen molar-refractivity contribution in [1.29, 1.82) is 0 Å². The summed E-state index contributed by atoms with van der Waals surface area (Å²) in [5.41, 5.74) is 1.79. The zero-order valence-electron chi connectivity index (χ0n) is 10.4. The summed E-state index contributed by atoms with van der Waals surface area (Å²) in [6.07, 6.45) is 1.36. The molecule has 0 bridgehead atoms. The third-order valence-electron chi connectivity index (χ3n) is 3.59. The highest BCUT2D eigenvalue weighted by Crippen LogP contribution is 2.48. The van der Waals surface area contributed by atoms with Crippen molar-refractivity contribution in [3.8, 4) is 5.69 Å². The Kier molecular flexibility index (Phi) is 2.74. The van der Waals surface area contributed by atoms with Gasteiger partial charge in [-0.3, -0.25) is 4.79 Å². The van der Waals surface area contributed by atoms with E-state index in [9.17, 15) is 9.90 Å². The molecule has 1 heterocycles. The third kappa shape index (κ3) is 1.98. The number of carboxylic acids is 1. The maximum Gasteiger partial charge on any atom is 0.315 e. The molecule has 98 valence electrons. The average Bonchev–Trinajstić information content (AvgIpc) is 3.08. The Morgan fingerprint density at radius 1 is 1.42 bits per heavy atom. The molecule has 0 unspecified atom stereocenters. The summed E-state index contributed by atoms with van der Waals surface area (Å²) in [5, 5.41) is 13.8. The Bertz CT molecular complexity index is 659. The first kappa shape index (κ1) is 12.4. The number of nitrogens with zero attached hydrogens (tertiary/aromatic N) is 2. The minimum atomic E-state index is -0.772. The number of carboxylic acid groups (broad SMARTS) is 1. The number of aryl methyl sites for hydroxylation is 1. The Morgan fingerprint density at radius 2 is 2.16 bits per heavy atom. The molecule has 0 amide bonds. The van der Waals surface area contributed by atoms with E-state index in [2.05, 4.69) is 21.0 Å². The van der Waals surface area contributed by atoms with Crippen LogP contribution in [0.25, 0.3) is 5.69 Å². The lowest BCUT2D eigenvalue weighted by Crippen LogP contribution is -2.20. The predicted molar refractivity (Wildman–Crippen MR) is 74.5 cm³/mol. The molecule has 1 aromatic heterocycles. The first-order valence-electron chi connectivity index (χ1n) is 6.09. The standard InChI is InChI=1S/C14H13BrN2O2/c1-9-7-12(14(5-6-14)13(18)19)16-17(9)11-4-2-3-10(15)8-11/h2-4,7-8H,5-6H2,1H3,(H,18,19). The summed E-state index contributed by atoms with van der Waals surface area (Å²) in [6, 6.07) is 9.67. The van der Waals surface area contributed by atoms with Crippen LogP contribution in [0.4, 0.5) is 0 Å². The van der Waals surface area contributed by atoms with Gasteiger partial charge in [0.2, 0.25) is 0 Å². The number of rotatable bonds is 3. The maximum absolute atomic E-state index is 11.3. The van der Waals surface area contributed by atoms with E-state index in [1.165, 1.54) is 0 Å². The van der Waals surface area contributed by atoms with Gasteiger partial charge in [-0.15, -0.1) is 0 Å². The number of carbonyl (C=O) groups is 1. The highest BCUT2D eigenvalue weighted by Gasteiger charge is 2.53. The molecule has 0 spiro atoms. The lowest BCUT2D eigenvalue weighted by atomic mass is 10.0. The van der Waals surface area contributed by atoms with Crippen molar-refractivity contribution in [2.24, 2.45) is 0 Å². The predicted octanol–water partition coefficient (Wildman–Crippen LogP) is 3.06. The minimum Gasteiger partial charge on any atom is -0.481 e. The van der Waals surface area contributed by atoms with Crippen molar-refractivity contribution in [2.45, 2.75) is 25.2 Å². The second-order valence-electron chi connectivity index (χ2n) is 4.95. The van der Waals surface area contributed by atoms with Gasteiger partial charge >= 0.3 is 5.97 Å². The molecule has 0 radical (unpaired) electrons. The number of aromatic nitrogens is 2.